The molecule has 12 nitrogen and oxygen atoms in total. The van der Waals surface area contributed by atoms with E-state index in [9.17, 15) is 14.4 Å². The molecule has 2 amide bonds. The Hall–Kier alpha value is -3.96. The van der Waals surface area contributed by atoms with Crippen LogP contribution in [0.25, 0.3) is 5.57 Å². The third kappa shape index (κ3) is 11.9. The average molecular weight is 681 g/mol. The second-order valence-electron chi connectivity index (χ2n) is 16.3. The number of nitrogens with zero attached hydrogens (tertiary/aromatic N) is 5. The summed E-state index contributed by atoms with van der Waals surface area (Å²) in [5.41, 5.74) is 1.43. The van der Waals surface area contributed by atoms with Gasteiger partial charge in [0.1, 0.15) is 16.8 Å². The minimum Gasteiger partial charge on any atom is -0.460 e. The van der Waals surface area contributed by atoms with Gasteiger partial charge in [0.15, 0.2) is 5.82 Å². The molecule has 12 heteroatoms. The van der Waals surface area contributed by atoms with Crippen molar-refractivity contribution in [1.82, 2.24) is 30.4 Å². The van der Waals surface area contributed by atoms with Crippen molar-refractivity contribution < 1.29 is 28.6 Å². The minimum absolute atomic E-state index is 0.255. The largest absolute Gasteiger partial charge is 0.460 e. The zero-order chi connectivity index (χ0) is 36.0. The Kier molecular flexibility index (Phi) is 12.1. The van der Waals surface area contributed by atoms with Gasteiger partial charge < -0.3 is 24.0 Å². The summed E-state index contributed by atoms with van der Waals surface area (Å²) in [7, 11) is 0. The van der Waals surface area contributed by atoms with Gasteiger partial charge in [-0.15, -0.1) is 10.2 Å². The molecule has 270 valence electrons. The van der Waals surface area contributed by atoms with Gasteiger partial charge in [-0.25, -0.2) is 9.59 Å². The van der Waals surface area contributed by atoms with E-state index in [1.165, 1.54) is 0 Å². The third-order valence-corrected chi connectivity index (χ3v) is 8.63. The number of carbonyl (C=O) groups is 3. The van der Waals surface area contributed by atoms with Gasteiger partial charge in [-0.1, -0.05) is 48.4 Å². The molecule has 4 rings (SSSR count). The normalized spacial score (nSPS) is 17.4. The van der Waals surface area contributed by atoms with E-state index in [4.69, 9.17) is 14.2 Å². The number of aromatic amines is 1. The fourth-order valence-electron chi connectivity index (χ4n) is 6.30. The number of nitrogens with one attached hydrogen (secondary N) is 1. The standard InChI is InChI=1S/C37H56N6O6/c1-35(2,3)47-32(44)29(12-10-11-25-17-20-42(21-18-25)33(45)48-36(4,5)6)30(31-38-40-41-39-31)23-26-13-15-27(16-14-26)28-19-22-43(24-28)34(46)49-37(7,8)9/h13-16,19,25,29-30H,10-12,17-18,20-24H2,1-9H3,(H,38,39,40,41). The zero-order valence-corrected chi connectivity index (χ0v) is 30.9. The molecule has 0 bridgehead atoms. The Morgan fingerprint density at radius 2 is 1.45 bits per heavy atom. The molecule has 1 N–H and O–H groups in total. The quantitative estimate of drug-likeness (QED) is 0.209. The molecular formula is C37H56N6O6. The molecule has 0 spiro atoms. The molecule has 0 radical (unpaired) electrons. The van der Waals surface area contributed by atoms with Crippen molar-refractivity contribution in [1.29, 1.82) is 0 Å². The van der Waals surface area contributed by atoms with Crippen molar-refractivity contribution in [2.75, 3.05) is 26.2 Å². The lowest BCUT2D eigenvalue weighted by Gasteiger charge is -2.34. The summed E-state index contributed by atoms with van der Waals surface area (Å²) in [6.07, 6.45) is 6.22. The predicted molar refractivity (Wildman–Crippen MR) is 187 cm³/mol. The molecule has 2 unspecified atom stereocenters. The van der Waals surface area contributed by atoms with Gasteiger partial charge in [0.05, 0.1) is 5.92 Å². The highest BCUT2D eigenvalue weighted by Crippen LogP contribution is 2.34. The number of carbonyl (C=O) groups excluding carboxylic acids is 3. The molecule has 3 heterocycles. The first-order valence-electron chi connectivity index (χ1n) is 17.6. The van der Waals surface area contributed by atoms with Gasteiger partial charge >= 0.3 is 18.2 Å². The van der Waals surface area contributed by atoms with Gasteiger partial charge in [-0.2, -0.15) is 5.21 Å². The highest BCUT2D eigenvalue weighted by Gasteiger charge is 2.36. The second kappa shape index (κ2) is 15.7. The maximum Gasteiger partial charge on any atom is 0.410 e. The Morgan fingerprint density at radius 3 is 2.00 bits per heavy atom. The summed E-state index contributed by atoms with van der Waals surface area (Å²) < 4.78 is 17.1. The number of piperidine rings is 1. The lowest BCUT2D eigenvalue weighted by molar-refractivity contribution is -0.161. The van der Waals surface area contributed by atoms with Gasteiger partial charge in [0.25, 0.3) is 0 Å². The smallest absolute Gasteiger partial charge is 0.410 e. The van der Waals surface area contributed by atoms with Crippen molar-refractivity contribution in [2.45, 2.75) is 124 Å². The number of hydrogen-bond acceptors (Lipinski definition) is 9. The summed E-state index contributed by atoms with van der Waals surface area (Å²) in [6, 6.07) is 8.23. The van der Waals surface area contributed by atoms with Crippen molar-refractivity contribution in [3.8, 4) is 0 Å². The van der Waals surface area contributed by atoms with E-state index < -0.39 is 22.7 Å². The third-order valence-electron chi connectivity index (χ3n) is 8.63. The molecule has 0 saturated carbocycles. The first-order valence-corrected chi connectivity index (χ1v) is 17.6. The van der Waals surface area contributed by atoms with Crippen LogP contribution in [0.1, 0.15) is 117 Å². The predicted octanol–water partition coefficient (Wildman–Crippen LogP) is 6.94. The Labute approximate surface area is 291 Å². The molecule has 2 aromatic rings. The lowest BCUT2D eigenvalue weighted by Crippen LogP contribution is -2.41. The molecule has 2 atom stereocenters. The number of amides is 2. The van der Waals surface area contributed by atoms with Crippen molar-refractivity contribution in [3.63, 3.8) is 0 Å². The van der Waals surface area contributed by atoms with E-state index in [-0.39, 0.29) is 24.1 Å². The highest BCUT2D eigenvalue weighted by atomic mass is 16.6. The molecule has 0 aliphatic carbocycles. The number of aromatic nitrogens is 4. The Balaban J connectivity index is 1.42. The van der Waals surface area contributed by atoms with Crippen LogP contribution >= 0.6 is 0 Å². The molecule has 2 aliphatic rings. The fraction of sp³-hybridized carbons (Fsp3) is 0.676. The Morgan fingerprint density at radius 1 is 0.857 bits per heavy atom. The van der Waals surface area contributed by atoms with E-state index in [0.717, 1.165) is 42.4 Å². The molecule has 49 heavy (non-hydrogen) atoms. The first-order chi connectivity index (χ1) is 22.9. The highest BCUT2D eigenvalue weighted by molar-refractivity contribution is 5.77. The molecule has 1 fully saturated rings. The number of esters is 1. The average Bonchev–Trinajstić information content (AvgIpc) is 3.70. The van der Waals surface area contributed by atoms with E-state index in [0.29, 0.717) is 50.8 Å². The summed E-state index contributed by atoms with van der Waals surface area (Å²) in [5, 5.41) is 15.1. The topological polar surface area (TPSA) is 140 Å². The lowest BCUT2D eigenvalue weighted by atomic mass is 9.81. The van der Waals surface area contributed by atoms with Gasteiger partial charge in [-0.3, -0.25) is 4.79 Å². The van der Waals surface area contributed by atoms with Gasteiger partial charge in [0.2, 0.25) is 0 Å². The summed E-state index contributed by atoms with van der Waals surface area (Å²) in [4.78, 5) is 42.4. The Bertz CT molecular complexity index is 1430. The zero-order valence-electron chi connectivity index (χ0n) is 30.9. The summed E-state index contributed by atoms with van der Waals surface area (Å²) in [5.74, 6) is -0.139. The summed E-state index contributed by atoms with van der Waals surface area (Å²) >= 11 is 0. The van der Waals surface area contributed by atoms with Crippen LogP contribution in [0, 0.1) is 11.8 Å². The maximum atomic E-state index is 13.8. The number of H-pyrrole nitrogens is 1. The van der Waals surface area contributed by atoms with Crippen LogP contribution in [0.3, 0.4) is 0 Å². The number of tetrazole rings is 1. The van der Waals surface area contributed by atoms with E-state index in [1.807, 2.05) is 62.3 Å². The minimum atomic E-state index is -0.643. The van der Waals surface area contributed by atoms with Crippen LogP contribution in [0.5, 0.6) is 0 Å². The maximum absolute atomic E-state index is 13.8. The molecule has 1 aromatic carbocycles. The van der Waals surface area contributed by atoms with Crippen molar-refractivity contribution in [2.24, 2.45) is 11.8 Å². The van der Waals surface area contributed by atoms with Crippen LogP contribution < -0.4 is 0 Å². The molecule has 1 saturated heterocycles. The van der Waals surface area contributed by atoms with Crippen LogP contribution in [0.2, 0.25) is 0 Å². The number of rotatable bonds is 10. The van der Waals surface area contributed by atoms with E-state index >= 15 is 0 Å². The van der Waals surface area contributed by atoms with Gasteiger partial charge in [0, 0.05) is 32.1 Å². The fourth-order valence-corrected chi connectivity index (χ4v) is 6.30. The molecule has 1 aromatic heterocycles. The molecule has 2 aliphatic heterocycles. The number of hydrogen-bond donors (Lipinski definition) is 1. The number of benzene rings is 1. The van der Waals surface area contributed by atoms with Crippen LogP contribution in [-0.4, -0.2) is 91.6 Å². The second-order valence-corrected chi connectivity index (χ2v) is 16.3. The van der Waals surface area contributed by atoms with Crippen molar-refractivity contribution >= 4 is 23.7 Å². The van der Waals surface area contributed by atoms with Gasteiger partial charge in [-0.05, 0) is 111 Å². The summed E-state index contributed by atoms with van der Waals surface area (Å²) in [6.45, 7) is 19.2. The number of ether oxygens (including phenoxy) is 3. The van der Waals surface area contributed by atoms with E-state index in [2.05, 4.69) is 51.0 Å². The van der Waals surface area contributed by atoms with Crippen molar-refractivity contribution in [3.05, 3.63) is 47.3 Å². The number of likely N-dealkylation sites (tertiary alicyclic amines) is 1. The van der Waals surface area contributed by atoms with E-state index in [1.54, 1.807) is 9.80 Å². The molecular weight excluding hydrogens is 624 g/mol. The van der Waals surface area contributed by atoms with Crippen LogP contribution in [0.4, 0.5) is 9.59 Å². The van der Waals surface area contributed by atoms with Crippen LogP contribution in [0.15, 0.2) is 30.3 Å². The SMILES string of the molecule is CC(C)(C)OC(=O)C(CCCC1CCN(C(=O)OC(C)(C)C)CC1)C(Cc1ccc(C2=CCN(C(=O)OC(C)(C)C)C2)cc1)c1nn[nH]n1. The monoisotopic (exact) mass is 680 g/mol. The van der Waals surface area contributed by atoms with Crippen LogP contribution in [-0.2, 0) is 25.4 Å². The first kappa shape index (κ1) is 37.9.